The van der Waals surface area contributed by atoms with Crippen LogP contribution >= 0.6 is 0 Å². The molecule has 0 atom stereocenters. The van der Waals surface area contributed by atoms with Gasteiger partial charge in [-0.15, -0.1) is 0 Å². The first kappa shape index (κ1) is 20.1. The molecule has 0 aliphatic heterocycles. The van der Waals surface area contributed by atoms with E-state index in [1.807, 2.05) is 12.1 Å². The minimum Gasteiger partial charge on any atom is -0.456 e. The Balaban J connectivity index is 1.51. The lowest BCUT2D eigenvalue weighted by molar-refractivity contribution is 0.572. The van der Waals surface area contributed by atoms with Gasteiger partial charge >= 0.3 is 0 Å². The van der Waals surface area contributed by atoms with Gasteiger partial charge in [-0.3, -0.25) is 0 Å². The van der Waals surface area contributed by atoms with Crippen LogP contribution in [-0.2, 0) is 10.8 Å². The van der Waals surface area contributed by atoms with Gasteiger partial charge in [-0.05, 0) is 40.8 Å². The molecule has 4 aromatic carbocycles. The van der Waals surface area contributed by atoms with Crippen LogP contribution in [0, 0.1) is 0 Å². The summed E-state index contributed by atoms with van der Waals surface area (Å²) in [6.45, 7) is 11.3. The third-order valence-electron chi connectivity index (χ3n) is 7.13. The quantitative estimate of drug-likeness (QED) is 0.273. The minimum atomic E-state index is -0.188. The highest BCUT2D eigenvalue weighted by atomic mass is 16.3. The molecule has 33 heavy (non-hydrogen) atoms. The molecule has 2 nitrogen and oxygen atoms in total. The second-order valence-electron chi connectivity index (χ2n) is 10.7. The Hall–Kier alpha value is -3.52. The summed E-state index contributed by atoms with van der Waals surface area (Å²) in [5.41, 5.74) is 7.38. The maximum atomic E-state index is 6.48. The lowest BCUT2D eigenvalue weighted by Gasteiger charge is -2.26. The Morgan fingerprint density at radius 2 is 1.18 bits per heavy atom. The predicted octanol–water partition coefficient (Wildman–Crippen LogP) is 9.11. The summed E-state index contributed by atoms with van der Waals surface area (Å²) in [6.07, 6.45) is 0. The minimum absolute atomic E-state index is 0.0261. The molecular formula is C31H28O2. The van der Waals surface area contributed by atoms with E-state index in [4.69, 9.17) is 8.83 Å². The molecule has 6 rings (SSSR count). The molecule has 0 fully saturated rings. The smallest absolute Gasteiger partial charge is 0.139 e. The summed E-state index contributed by atoms with van der Waals surface area (Å²) < 4.78 is 12.5. The van der Waals surface area contributed by atoms with Crippen molar-refractivity contribution in [1.29, 1.82) is 0 Å². The zero-order valence-electron chi connectivity index (χ0n) is 19.8. The fraction of sp³-hybridized carbons (Fsp3) is 0.226. The van der Waals surface area contributed by atoms with Crippen molar-refractivity contribution in [2.45, 2.75) is 45.4 Å². The van der Waals surface area contributed by atoms with Crippen molar-refractivity contribution in [3.8, 4) is 0 Å². The Labute approximate surface area is 193 Å². The number of rotatable bonds is 2. The normalized spacial score (nSPS) is 13.0. The van der Waals surface area contributed by atoms with Crippen LogP contribution in [0.5, 0.6) is 0 Å². The van der Waals surface area contributed by atoms with Crippen LogP contribution in [0.3, 0.4) is 0 Å². The van der Waals surface area contributed by atoms with Crippen LogP contribution in [0.15, 0.2) is 87.7 Å². The monoisotopic (exact) mass is 432 g/mol. The van der Waals surface area contributed by atoms with E-state index in [9.17, 15) is 0 Å². The highest BCUT2D eigenvalue weighted by Gasteiger charge is 2.26. The number of fused-ring (bicyclic) bond motifs is 6. The fourth-order valence-corrected chi connectivity index (χ4v) is 5.06. The maximum absolute atomic E-state index is 6.48. The van der Waals surface area contributed by atoms with E-state index in [2.05, 4.69) is 101 Å². The summed E-state index contributed by atoms with van der Waals surface area (Å²) in [6, 6.07) is 28.0. The van der Waals surface area contributed by atoms with Crippen molar-refractivity contribution in [3.63, 3.8) is 0 Å². The number of hydrogen-bond acceptors (Lipinski definition) is 2. The van der Waals surface area contributed by atoms with E-state index in [0.717, 1.165) is 33.1 Å². The Morgan fingerprint density at radius 3 is 2.00 bits per heavy atom. The summed E-state index contributed by atoms with van der Waals surface area (Å²) in [7, 11) is 0. The van der Waals surface area contributed by atoms with E-state index in [0.29, 0.717) is 0 Å². The van der Waals surface area contributed by atoms with Crippen molar-refractivity contribution < 1.29 is 8.83 Å². The summed E-state index contributed by atoms with van der Waals surface area (Å²) in [5, 5.41) is 4.68. The molecule has 2 heterocycles. The van der Waals surface area contributed by atoms with Gasteiger partial charge in [0, 0.05) is 32.5 Å². The number of hydrogen-bond donors (Lipinski definition) is 0. The van der Waals surface area contributed by atoms with Gasteiger partial charge in [0.1, 0.15) is 22.3 Å². The van der Waals surface area contributed by atoms with Gasteiger partial charge < -0.3 is 8.83 Å². The molecule has 0 spiro atoms. The molecule has 0 radical (unpaired) electrons. The first-order valence-electron chi connectivity index (χ1n) is 11.6. The van der Waals surface area contributed by atoms with Gasteiger partial charge in [0.15, 0.2) is 0 Å². The first-order chi connectivity index (χ1) is 15.7. The van der Waals surface area contributed by atoms with Crippen molar-refractivity contribution >= 4 is 43.9 Å². The molecule has 0 unspecified atom stereocenters. The van der Waals surface area contributed by atoms with Gasteiger partial charge in [-0.2, -0.15) is 0 Å². The predicted molar refractivity (Wildman–Crippen MR) is 138 cm³/mol. The molecular weight excluding hydrogens is 404 g/mol. The Bertz CT molecular complexity index is 1670. The second kappa shape index (κ2) is 6.74. The average molecular weight is 433 g/mol. The van der Waals surface area contributed by atoms with E-state index in [-0.39, 0.29) is 10.8 Å². The van der Waals surface area contributed by atoms with Crippen LogP contribution in [-0.4, -0.2) is 0 Å². The lowest BCUT2D eigenvalue weighted by Crippen LogP contribution is -2.18. The van der Waals surface area contributed by atoms with Crippen molar-refractivity contribution in [2.24, 2.45) is 0 Å². The van der Waals surface area contributed by atoms with Crippen LogP contribution in [0.2, 0.25) is 0 Å². The van der Waals surface area contributed by atoms with Gasteiger partial charge in [-0.25, -0.2) is 0 Å². The van der Waals surface area contributed by atoms with Gasteiger partial charge in [0.05, 0.1) is 0 Å². The van der Waals surface area contributed by atoms with E-state index >= 15 is 0 Å². The van der Waals surface area contributed by atoms with Crippen LogP contribution in [0.4, 0.5) is 0 Å². The molecule has 164 valence electrons. The van der Waals surface area contributed by atoms with Gasteiger partial charge in [0.25, 0.3) is 0 Å². The zero-order valence-corrected chi connectivity index (χ0v) is 19.8. The second-order valence-corrected chi connectivity index (χ2v) is 10.7. The van der Waals surface area contributed by atoms with Crippen LogP contribution < -0.4 is 0 Å². The van der Waals surface area contributed by atoms with E-state index in [1.165, 1.54) is 27.5 Å². The highest BCUT2D eigenvalue weighted by molar-refractivity contribution is 6.07. The molecule has 0 saturated carbocycles. The zero-order chi connectivity index (χ0) is 23.0. The third-order valence-corrected chi connectivity index (χ3v) is 7.13. The molecule has 2 aromatic heterocycles. The molecule has 6 aromatic rings. The fourth-order valence-electron chi connectivity index (χ4n) is 5.06. The topological polar surface area (TPSA) is 26.3 Å². The molecule has 0 N–H and O–H groups in total. The van der Waals surface area contributed by atoms with E-state index in [1.54, 1.807) is 0 Å². The highest BCUT2D eigenvalue weighted by Crippen LogP contribution is 2.40. The number of benzene rings is 4. The third kappa shape index (κ3) is 3.01. The molecule has 0 aliphatic rings. The molecule has 0 aliphatic carbocycles. The van der Waals surface area contributed by atoms with Crippen LogP contribution in [0.25, 0.3) is 43.9 Å². The first-order valence-corrected chi connectivity index (χ1v) is 11.6. The van der Waals surface area contributed by atoms with Crippen LogP contribution in [0.1, 0.15) is 51.3 Å². The molecule has 0 saturated heterocycles. The van der Waals surface area contributed by atoms with Crippen molar-refractivity contribution in [1.82, 2.24) is 0 Å². The summed E-state index contributed by atoms with van der Waals surface area (Å²) in [4.78, 5) is 0. The Morgan fingerprint density at radius 1 is 0.515 bits per heavy atom. The van der Waals surface area contributed by atoms with Gasteiger partial charge in [-0.1, -0.05) is 89.2 Å². The van der Waals surface area contributed by atoms with Crippen molar-refractivity contribution in [3.05, 3.63) is 95.6 Å². The average Bonchev–Trinajstić information content (AvgIpc) is 3.35. The molecule has 0 bridgehead atoms. The van der Waals surface area contributed by atoms with E-state index < -0.39 is 0 Å². The summed E-state index contributed by atoms with van der Waals surface area (Å²) in [5.74, 6) is 0. The summed E-state index contributed by atoms with van der Waals surface area (Å²) >= 11 is 0. The SMILES string of the molecule is CC(C)(C)c1cccc2c1oc1cc(C(C)(C)c3ccc4oc5ccccc5c4c3)ccc12. The molecule has 2 heteroatoms. The van der Waals surface area contributed by atoms with Crippen molar-refractivity contribution in [2.75, 3.05) is 0 Å². The molecule has 0 amide bonds. The van der Waals surface area contributed by atoms with Gasteiger partial charge in [0.2, 0.25) is 0 Å². The number of furan rings is 2. The maximum Gasteiger partial charge on any atom is 0.139 e. The Kier molecular flexibility index (Phi) is 4.11. The lowest BCUT2D eigenvalue weighted by atomic mass is 9.77. The number of para-hydroxylation sites is 2. The standard InChI is InChI=1S/C31H28O2/c1-30(2,3)25-11-8-10-23-22-15-13-20(18-28(22)33-29(23)25)31(4,5)19-14-16-27-24(17-19)21-9-6-7-12-26(21)32-27/h6-18H,1-5H3. The largest absolute Gasteiger partial charge is 0.456 e.